The van der Waals surface area contributed by atoms with Gasteiger partial charge in [0.2, 0.25) is 0 Å². The number of rotatable bonds is 9. The number of hydrogen-bond acceptors (Lipinski definition) is 3. The Kier molecular flexibility index (Phi) is 7.57. The van der Waals surface area contributed by atoms with Gasteiger partial charge in [0, 0.05) is 18.8 Å². The molecule has 1 amide bonds. The zero-order chi connectivity index (χ0) is 23.3. The molecule has 6 heteroatoms. The van der Waals surface area contributed by atoms with Gasteiger partial charge in [0.15, 0.2) is 11.5 Å². The summed E-state index contributed by atoms with van der Waals surface area (Å²) in [6.07, 6.45) is 1.52. The Hall–Kier alpha value is -3.28. The first-order chi connectivity index (χ1) is 15.4. The van der Waals surface area contributed by atoms with Gasteiger partial charge in [-0.05, 0) is 73.2 Å². The lowest BCUT2D eigenvalue weighted by Crippen LogP contribution is -2.29. The minimum atomic E-state index is -0.267. The van der Waals surface area contributed by atoms with E-state index in [0.717, 1.165) is 28.8 Å². The summed E-state index contributed by atoms with van der Waals surface area (Å²) >= 11 is 0. The Morgan fingerprint density at radius 1 is 1.00 bits per heavy atom. The standard InChI is InChI=1S/C26H31FN2O3/c1-6-22-17(2)25(29(18(22)3)16-20-7-10-21(27)11-8-20)26(30)28-14-13-19-9-12-23(31-4)24(15-19)32-5/h7-12,15H,6,13-14,16H2,1-5H3,(H,28,30). The van der Waals surface area contributed by atoms with Gasteiger partial charge in [-0.25, -0.2) is 4.39 Å². The van der Waals surface area contributed by atoms with E-state index in [2.05, 4.69) is 12.2 Å². The van der Waals surface area contributed by atoms with E-state index in [1.807, 2.05) is 36.6 Å². The molecule has 0 radical (unpaired) electrons. The van der Waals surface area contributed by atoms with Crippen molar-refractivity contribution in [3.8, 4) is 11.5 Å². The summed E-state index contributed by atoms with van der Waals surface area (Å²) < 4.78 is 26.0. The molecule has 170 valence electrons. The number of amides is 1. The molecule has 0 spiro atoms. The Balaban J connectivity index is 1.77. The molecule has 3 rings (SSSR count). The van der Waals surface area contributed by atoms with Crippen LogP contribution in [0.15, 0.2) is 42.5 Å². The topological polar surface area (TPSA) is 52.5 Å². The highest BCUT2D eigenvalue weighted by Gasteiger charge is 2.22. The number of benzene rings is 2. The van der Waals surface area contributed by atoms with Crippen molar-refractivity contribution >= 4 is 5.91 Å². The van der Waals surface area contributed by atoms with Crippen LogP contribution in [-0.2, 0) is 19.4 Å². The zero-order valence-electron chi connectivity index (χ0n) is 19.4. The number of nitrogens with zero attached hydrogens (tertiary/aromatic N) is 1. The highest BCUT2D eigenvalue weighted by molar-refractivity contribution is 5.95. The summed E-state index contributed by atoms with van der Waals surface area (Å²) in [5.41, 5.74) is 5.90. The lowest BCUT2D eigenvalue weighted by atomic mass is 10.1. The van der Waals surface area contributed by atoms with Crippen molar-refractivity contribution in [3.63, 3.8) is 0 Å². The molecule has 1 heterocycles. The number of aromatic nitrogens is 1. The molecule has 0 unspecified atom stereocenters. The van der Waals surface area contributed by atoms with E-state index >= 15 is 0 Å². The van der Waals surface area contributed by atoms with Crippen LogP contribution in [0, 0.1) is 19.7 Å². The summed E-state index contributed by atoms with van der Waals surface area (Å²) in [5.74, 6) is 0.977. The molecule has 0 saturated carbocycles. The van der Waals surface area contributed by atoms with E-state index in [4.69, 9.17) is 9.47 Å². The largest absolute Gasteiger partial charge is 0.493 e. The molecule has 2 aromatic carbocycles. The molecule has 0 aliphatic carbocycles. The maximum atomic E-state index is 13.3. The zero-order valence-corrected chi connectivity index (χ0v) is 19.4. The van der Waals surface area contributed by atoms with Crippen molar-refractivity contribution < 1.29 is 18.7 Å². The second-order valence-corrected chi connectivity index (χ2v) is 7.80. The maximum Gasteiger partial charge on any atom is 0.268 e. The van der Waals surface area contributed by atoms with Crippen LogP contribution in [0.5, 0.6) is 11.5 Å². The van der Waals surface area contributed by atoms with E-state index in [9.17, 15) is 9.18 Å². The molecular weight excluding hydrogens is 407 g/mol. The lowest BCUT2D eigenvalue weighted by molar-refractivity contribution is 0.0944. The first kappa shape index (κ1) is 23.4. The van der Waals surface area contributed by atoms with Gasteiger partial charge in [-0.1, -0.05) is 25.1 Å². The predicted octanol–water partition coefficient (Wildman–Crippen LogP) is 4.84. The van der Waals surface area contributed by atoms with E-state index in [-0.39, 0.29) is 11.7 Å². The lowest BCUT2D eigenvalue weighted by Gasteiger charge is -2.14. The SMILES string of the molecule is CCc1c(C)c(C(=O)NCCc2ccc(OC)c(OC)c2)n(Cc2ccc(F)cc2)c1C. The number of ether oxygens (including phenoxy) is 2. The number of hydrogen-bond donors (Lipinski definition) is 1. The van der Waals surface area contributed by atoms with Gasteiger partial charge in [-0.2, -0.15) is 0 Å². The minimum Gasteiger partial charge on any atom is -0.493 e. The maximum absolute atomic E-state index is 13.3. The normalized spacial score (nSPS) is 10.8. The molecule has 32 heavy (non-hydrogen) atoms. The molecular formula is C26H31FN2O3. The number of halogens is 1. The summed E-state index contributed by atoms with van der Waals surface area (Å²) in [4.78, 5) is 13.2. The fraction of sp³-hybridized carbons (Fsp3) is 0.346. The predicted molar refractivity (Wildman–Crippen MR) is 124 cm³/mol. The fourth-order valence-corrected chi connectivity index (χ4v) is 4.17. The van der Waals surface area contributed by atoms with Crippen LogP contribution < -0.4 is 14.8 Å². The van der Waals surface area contributed by atoms with Gasteiger partial charge in [0.25, 0.3) is 5.91 Å². The van der Waals surface area contributed by atoms with Gasteiger partial charge in [-0.3, -0.25) is 4.79 Å². The molecule has 0 saturated heterocycles. The molecule has 0 atom stereocenters. The number of carbonyl (C=O) groups excluding carboxylic acids is 1. The number of nitrogens with one attached hydrogen (secondary N) is 1. The fourth-order valence-electron chi connectivity index (χ4n) is 4.17. The number of carbonyl (C=O) groups is 1. The van der Waals surface area contributed by atoms with Crippen LogP contribution in [0.2, 0.25) is 0 Å². The van der Waals surface area contributed by atoms with Gasteiger partial charge in [0.1, 0.15) is 11.5 Å². The summed E-state index contributed by atoms with van der Waals surface area (Å²) in [7, 11) is 3.21. The average molecular weight is 439 g/mol. The van der Waals surface area contributed by atoms with E-state index in [1.165, 1.54) is 17.7 Å². The highest BCUT2D eigenvalue weighted by atomic mass is 19.1. The van der Waals surface area contributed by atoms with Crippen LogP contribution in [0.3, 0.4) is 0 Å². The van der Waals surface area contributed by atoms with Crippen LogP contribution in [0.4, 0.5) is 4.39 Å². The van der Waals surface area contributed by atoms with Crippen molar-refractivity contribution in [2.24, 2.45) is 0 Å². The molecule has 0 bridgehead atoms. The quantitative estimate of drug-likeness (QED) is 0.520. The van der Waals surface area contributed by atoms with Gasteiger partial charge in [0.05, 0.1) is 14.2 Å². The summed E-state index contributed by atoms with van der Waals surface area (Å²) in [6, 6.07) is 12.2. The van der Waals surface area contributed by atoms with Gasteiger partial charge < -0.3 is 19.4 Å². The molecule has 0 aliphatic heterocycles. The first-order valence-corrected chi connectivity index (χ1v) is 10.8. The molecule has 0 aliphatic rings. The van der Waals surface area contributed by atoms with Crippen molar-refractivity contribution in [1.29, 1.82) is 0 Å². The third kappa shape index (κ3) is 4.96. The van der Waals surface area contributed by atoms with Crippen molar-refractivity contribution in [3.05, 3.63) is 81.9 Å². The van der Waals surface area contributed by atoms with E-state index < -0.39 is 0 Å². The molecule has 1 N–H and O–H groups in total. The van der Waals surface area contributed by atoms with Gasteiger partial charge >= 0.3 is 0 Å². The molecule has 1 aromatic heterocycles. The van der Waals surface area contributed by atoms with E-state index in [0.29, 0.717) is 36.7 Å². The summed E-state index contributed by atoms with van der Waals surface area (Å²) in [5, 5.41) is 3.06. The van der Waals surface area contributed by atoms with Crippen LogP contribution in [-0.4, -0.2) is 31.2 Å². The number of methoxy groups -OCH3 is 2. The second-order valence-electron chi connectivity index (χ2n) is 7.80. The Morgan fingerprint density at radius 2 is 1.66 bits per heavy atom. The van der Waals surface area contributed by atoms with Crippen molar-refractivity contribution in [2.45, 2.75) is 40.2 Å². The molecule has 3 aromatic rings. The third-order valence-corrected chi connectivity index (χ3v) is 5.89. The van der Waals surface area contributed by atoms with Crippen molar-refractivity contribution in [2.75, 3.05) is 20.8 Å². The average Bonchev–Trinajstić information content (AvgIpc) is 3.03. The Morgan fingerprint density at radius 3 is 2.28 bits per heavy atom. The molecule has 5 nitrogen and oxygen atoms in total. The summed E-state index contributed by atoms with van der Waals surface area (Å²) in [6.45, 7) is 7.14. The van der Waals surface area contributed by atoms with Crippen LogP contribution >= 0.6 is 0 Å². The van der Waals surface area contributed by atoms with E-state index in [1.54, 1.807) is 26.4 Å². The highest BCUT2D eigenvalue weighted by Crippen LogP contribution is 2.28. The second kappa shape index (κ2) is 10.4. The van der Waals surface area contributed by atoms with Crippen LogP contribution in [0.1, 0.15) is 45.4 Å². The first-order valence-electron chi connectivity index (χ1n) is 10.8. The Bertz CT molecular complexity index is 1090. The van der Waals surface area contributed by atoms with Crippen molar-refractivity contribution in [1.82, 2.24) is 9.88 Å². The smallest absolute Gasteiger partial charge is 0.268 e. The molecule has 0 fully saturated rings. The monoisotopic (exact) mass is 438 g/mol. The Labute approximate surface area is 189 Å². The van der Waals surface area contributed by atoms with Gasteiger partial charge in [-0.15, -0.1) is 0 Å². The minimum absolute atomic E-state index is 0.104. The third-order valence-electron chi connectivity index (χ3n) is 5.89. The van der Waals surface area contributed by atoms with Crippen LogP contribution in [0.25, 0.3) is 0 Å².